The number of hydrogen-bond donors (Lipinski definition) is 2. The number of carboxylic acids is 1. The molecule has 0 saturated heterocycles. The summed E-state index contributed by atoms with van der Waals surface area (Å²) in [6.45, 7) is 3.20. The number of thiazole rings is 1. The molecular weight excluding hydrogens is 358 g/mol. The van der Waals surface area contributed by atoms with Crippen LogP contribution in [0.15, 0.2) is 22.1 Å². The zero-order valence-corrected chi connectivity index (χ0v) is 15.2. The summed E-state index contributed by atoms with van der Waals surface area (Å²) in [5, 5.41) is 13.9. The lowest BCUT2D eigenvalue weighted by molar-refractivity contribution is -0.149. The highest BCUT2D eigenvalue weighted by molar-refractivity contribution is 7.14. The number of amides is 2. The van der Waals surface area contributed by atoms with Crippen molar-refractivity contribution in [2.24, 2.45) is 0 Å². The van der Waals surface area contributed by atoms with Crippen LogP contribution in [0.25, 0.3) is 0 Å². The highest BCUT2D eigenvalue weighted by atomic mass is 32.1. The topological polar surface area (TPSA) is 113 Å². The first-order chi connectivity index (χ1) is 12.4. The quantitative estimate of drug-likeness (QED) is 0.765. The maximum atomic E-state index is 12.5. The van der Waals surface area contributed by atoms with Crippen LogP contribution < -0.4 is 5.32 Å². The molecule has 8 nitrogen and oxygen atoms in total. The maximum Gasteiger partial charge on any atom is 0.326 e. The lowest BCUT2D eigenvalue weighted by Gasteiger charge is -2.26. The van der Waals surface area contributed by atoms with Crippen molar-refractivity contribution in [3.8, 4) is 0 Å². The number of carbonyl (C=O) groups is 3. The first kappa shape index (κ1) is 18.1. The molecule has 1 saturated carbocycles. The number of aryl methyl sites for hydroxylation is 1. The summed E-state index contributed by atoms with van der Waals surface area (Å²) >= 11 is 1.21. The second kappa shape index (κ2) is 7.28. The van der Waals surface area contributed by atoms with Gasteiger partial charge in [0.2, 0.25) is 5.91 Å². The van der Waals surface area contributed by atoms with Gasteiger partial charge in [-0.25, -0.2) is 9.78 Å². The average Bonchev–Trinajstić information content (AvgIpc) is 3.15. The summed E-state index contributed by atoms with van der Waals surface area (Å²) in [6, 6.07) is 0.705. The van der Waals surface area contributed by atoms with Gasteiger partial charge in [-0.3, -0.25) is 14.9 Å². The van der Waals surface area contributed by atoms with Gasteiger partial charge in [-0.2, -0.15) is 0 Å². The van der Waals surface area contributed by atoms with Gasteiger partial charge in [0.15, 0.2) is 5.13 Å². The van der Waals surface area contributed by atoms with Crippen LogP contribution in [0.5, 0.6) is 0 Å². The van der Waals surface area contributed by atoms with E-state index < -0.39 is 12.0 Å². The standard InChI is InChI=1S/C17H19N3O5S/c1-9(16(23)24)20(12-3-4-12)14(21)7-11-8-26-17(18-11)19-15(22)13-5-6-25-10(13)2/h5-6,8-9,12H,3-4,7H2,1-2H3,(H,23,24)(H,18,19,22). The van der Waals surface area contributed by atoms with Crippen LogP contribution >= 0.6 is 11.3 Å². The number of aromatic nitrogens is 1. The Morgan fingerprint density at radius 1 is 1.46 bits per heavy atom. The third-order valence-electron chi connectivity index (χ3n) is 4.21. The lowest BCUT2D eigenvalue weighted by atomic mass is 10.2. The fourth-order valence-corrected chi connectivity index (χ4v) is 3.39. The van der Waals surface area contributed by atoms with Crippen molar-refractivity contribution < 1.29 is 23.9 Å². The Kier molecular flexibility index (Phi) is 5.08. The second-order valence-electron chi connectivity index (χ2n) is 6.21. The first-order valence-electron chi connectivity index (χ1n) is 8.20. The predicted octanol–water partition coefficient (Wildman–Crippen LogP) is 2.30. The Morgan fingerprint density at radius 2 is 2.19 bits per heavy atom. The Balaban J connectivity index is 1.64. The van der Waals surface area contributed by atoms with Gasteiger partial charge in [0, 0.05) is 11.4 Å². The van der Waals surface area contributed by atoms with E-state index in [1.54, 1.807) is 18.4 Å². The average molecular weight is 377 g/mol. The molecule has 0 spiro atoms. The largest absolute Gasteiger partial charge is 0.480 e. The van der Waals surface area contributed by atoms with Crippen molar-refractivity contribution >= 4 is 34.3 Å². The van der Waals surface area contributed by atoms with Crippen LogP contribution in [-0.2, 0) is 16.0 Å². The zero-order valence-electron chi connectivity index (χ0n) is 14.4. The minimum absolute atomic E-state index is 0.00419. The van der Waals surface area contributed by atoms with Crippen molar-refractivity contribution in [1.82, 2.24) is 9.88 Å². The van der Waals surface area contributed by atoms with E-state index in [0.29, 0.717) is 22.1 Å². The molecule has 0 aliphatic heterocycles. The van der Waals surface area contributed by atoms with Crippen LogP contribution in [0.4, 0.5) is 5.13 Å². The number of carbonyl (C=O) groups excluding carboxylic acids is 2. The Bertz CT molecular complexity index is 839. The summed E-state index contributed by atoms with van der Waals surface area (Å²) in [5.74, 6) is -1.11. The van der Waals surface area contributed by atoms with E-state index >= 15 is 0 Å². The lowest BCUT2D eigenvalue weighted by Crippen LogP contribution is -2.45. The molecule has 1 atom stereocenters. The number of anilines is 1. The second-order valence-corrected chi connectivity index (χ2v) is 7.07. The highest BCUT2D eigenvalue weighted by Gasteiger charge is 2.38. The van der Waals surface area contributed by atoms with Crippen LogP contribution in [-0.4, -0.2) is 44.9 Å². The number of furan rings is 1. The summed E-state index contributed by atoms with van der Waals surface area (Å²) in [5.41, 5.74) is 0.926. The van der Waals surface area contributed by atoms with Crippen LogP contribution in [0.2, 0.25) is 0 Å². The Labute approximate surface area is 153 Å². The van der Waals surface area contributed by atoms with Gasteiger partial charge in [-0.15, -0.1) is 11.3 Å². The van der Waals surface area contributed by atoms with Gasteiger partial charge in [0.1, 0.15) is 11.8 Å². The number of nitrogens with zero attached hydrogens (tertiary/aromatic N) is 2. The van der Waals surface area contributed by atoms with Crippen LogP contribution in [0, 0.1) is 6.92 Å². The molecule has 1 aliphatic rings. The molecule has 2 aromatic rings. The van der Waals surface area contributed by atoms with Crippen molar-refractivity contribution in [2.45, 2.75) is 45.2 Å². The molecule has 1 fully saturated rings. The number of rotatable bonds is 7. The molecule has 138 valence electrons. The first-order valence-corrected chi connectivity index (χ1v) is 9.08. The summed E-state index contributed by atoms with van der Waals surface area (Å²) in [6.07, 6.45) is 3.09. The predicted molar refractivity (Wildman–Crippen MR) is 94.2 cm³/mol. The minimum atomic E-state index is -1.02. The van der Waals surface area contributed by atoms with Crippen LogP contribution in [0.3, 0.4) is 0 Å². The van der Waals surface area contributed by atoms with E-state index in [9.17, 15) is 19.5 Å². The van der Waals surface area contributed by atoms with Gasteiger partial charge in [-0.1, -0.05) is 0 Å². The molecule has 0 bridgehead atoms. The fraction of sp³-hybridized carbons (Fsp3) is 0.412. The number of nitrogens with one attached hydrogen (secondary N) is 1. The van der Waals surface area contributed by atoms with Crippen molar-refractivity contribution in [2.75, 3.05) is 5.32 Å². The molecule has 3 rings (SSSR count). The zero-order chi connectivity index (χ0) is 18.8. The van der Waals surface area contributed by atoms with E-state index in [0.717, 1.165) is 12.8 Å². The van der Waals surface area contributed by atoms with Crippen molar-refractivity contribution in [1.29, 1.82) is 0 Å². The normalized spacial score (nSPS) is 14.7. The monoisotopic (exact) mass is 377 g/mol. The van der Waals surface area contributed by atoms with Gasteiger partial charge in [0.05, 0.1) is 23.9 Å². The molecule has 0 aromatic carbocycles. The molecule has 2 N–H and O–H groups in total. The summed E-state index contributed by atoms with van der Waals surface area (Å²) in [7, 11) is 0. The highest BCUT2D eigenvalue weighted by Crippen LogP contribution is 2.29. The Hall–Kier alpha value is -2.68. The Morgan fingerprint density at radius 3 is 2.77 bits per heavy atom. The molecule has 0 radical (unpaired) electrons. The molecule has 2 amide bonds. The van der Waals surface area contributed by atoms with Gasteiger partial charge in [-0.05, 0) is 32.8 Å². The third-order valence-corrected chi connectivity index (χ3v) is 5.02. The molecule has 9 heteroatoms. The molecule has 1 unspecified atom stereocenters. The number of carboxylic acid groups (broad SMARTS) is 1. The van der Waals surface area contributed by atoms with E-state index in [-0.39, 0.29) is 24.3 Å². The SMILES string of the molecule is Cc1occc1C(=O)Nc1nc(CC(=O)N(C2CC2)C(C)C(=O)O)cs1. The van der Waals surface area contributed by atoms with Crippen molar-refractivity contribution in [3.63, 3.8) is 0 Å². The summed E-state index contributed by atoms with van der Waals surface area (Å²) < 4.78 is 5.10. The van der Waals surface area contributed by atoms with E-state index in [4.69, 9.17) is 4.42 Å². The maximum absolute atomic E-state index is 12.5. The van der Waals surface area contributed by atoms with E-state index in [1.165, 1.54) is 29.4 Å². The fourth-order valence-electron chi connectivity index (χ4n) is 2.68. The van der Waals surface area contributed by atoms with E-state index in [1.807, 2.05) is 0 Å². The third kappa shape index (κ3) is 3.93. The molecule has 2 heterocycles. The van der Waals surface area contributed by atoms with Gasteiger partial charge in [0.25, 0.3) is 5.91 Å². The van der Waals surface area contributed by atoms with Gasteiger partial charge < -0.3 is 14.4 Å². The molecular formula is C17H19N3O5S. The smallest absolute Gasteiger partial charge is 0.326 e. The molecule has 1 aliphatic carbocycles. The molecule has 26 heavy (non-hydrogen) atoms. The number of aliphatic carboxylic acids is 1. The molecule has 2 aromatic heterocycles. The van der Waals surface area contributed by atoms with Crippen molar-refractivity contribution in [3.05, 3.63) is 34.7 Å². The van der Waals surface area contributed by atoms with Gasteiger partial charge >= 0.3 is 5.97 Å². The minimum Gasteiger partial charge on any atom is -0.480 e. The van der Waals surface area contributed by atoms with E-state index in [2.05, 4.69) is 10.3 Å². The van der Waals surface area contributed by atoms with Crippen LogP contribution in [0.1, 0.15) is 41.6 Å². The summed E-state index contributed by atoms with van der Waals surface area (Å²) in [4.78, 5) is 41.6. The number of hydrogen-bond acceptors (Lipinski definition) is 6.